The summed E-state index contributed by atoms with van der Waals surface area (Å²) in [7, 11) is 0. The highest BCUT2D eigenvalue weighted by atomic mass is 16.6. The van der Waals surface area contributed by atoms with Gasteiger partial charge < -0.3 is 10.1 Å². The Hall–Kier alpha value is -2.04. The van der Waals surface area contributed by atoms with Gasteiger partial charge in [-0.05, 0) is 19.4 Å². The highest BCUT2D eigenvalue weighted by molar-refractivity contribution is 5.94. The minimum absolute atomic E-state index is 0.121. The van der Waals surface area contributed by atoms with Gasteiger partial charge in [0.05, 0.1) is 11.6 Å². The summed E-state index contributed by atoms with van der Waals surface area (Å²) in [6, 6.07) is 9.00. The van der Waals surface area contributed by atoms with Crippen molar-refractivity contribution < 1.29 is 14.3 Å². The maximum atomic E-state index is 11.9. The Morgan fingerprint density at radius 3 is 2.53 bits per heavy atom. The number of amides is 2. The number of ether oxygens (including phenoxy) is 1. The van der Waals surface area contributed by atoms with Crippen molar-refractivity contribution in [2.45, 2.75) is 31.5 Å². The summed E-state index contributed by atoms with van der Waals surface area (Å²) in [5.74, 6) is -0.121. The van der Waals surface area contributed by atoms with Gasteiger partial charge in [0.1, 0.15) is 12.6 Å². The standard InChI is InChI=1S/C14H16N2O3/c1-14(2)11(12(17)15-14)16-10(8-19-13(16)18)9-6-4-3-5-7-9/h3-7,10-11H,8H2,1-2H3,(H,15,17)/t10-,11-/m1/s1. The predicted molar refractivity (Wildman–Crippen MR) is 68.4 cm³/mol. The Balaban J connectivity index is 1.94. The molecule has 5 heteroatoms. The van der Waals surface area contributed by atoms with Gasteiger partial charge in [0.25, 0.3) is 0 Å². The molecule has 19 heavy (non-hydrogen) atoms. The topological polar surface area (TPSA) is 58.6 Å². The van der Waals surface area contributed by atoms with Gasteiger partial charge in [0.15, 0.2) is 0 Å². The lowest BCUT2D eigenvalue weighted by molar-refractivity contribution is -0.141. The summed E-state index contributed by atoms with van der Waals surface area (Å²) in [5.41, 5.74) is 0.580. The molecule has 2 saturated heterocycles. The Kier molecular flexibility index (Phi) is 2.52. The van der Waals surface area contributed by atoms with Gasteiger partial charge in [-0.2, -0.15) is 0 Å². The maximum absolute atomic E-state index is 11.9. The van der Waals surface area contributed by atoms with Crippen LogP contribution in [0.5, 0.6) is 0 Å². The average molecular weight is 260 g/mol. The highest BCUT2D eigenvalue weighted by Gasteiger charge is 2.55. The van der Waals surface area contributed by atoms with Gasteiger partial charge in [-0.3, -0.25) is 9.69 Å². The molecular weight excluding hydrogens is 244 g/mol. The lowest BCUT2D eigenvalue weighted by atomic mass is 9.83. The summed E-state index contributed by atoms with van der Waals surface area (Å²) in [6.07, 6.45) is -0.415. The quantitative estimate of drug-likeness (QED) is 0.819. The summed E-state index contributed by atoms with van der Waals surface area (Å²) in [5, 5.41) is 2.81. The molecule has 1 N–H and O–H groups in total. The van der Waals surface area contributed by atoms with E-state index in [9.17, 15) is 9.59 Å². The van der Waals surface area contributed by atoms with Crippen LogP contribution in [-0.4, -0.2) is 35.1 Å². The fourth-order valence-electron chi connectivity index (χ4n) is 2.83. The number of nitrogens with one attached hydrogen (secondary N) is 1. The van der Waals surface area contributed by atoms with E-state index in [2.05, 4.69) is 5.32 Å². The Labute approximate surface area is 111 Å². The summed E-state index contributed by atoms with van der Waals surface area (Å²) in [6.45, 7) is 4.11. The van der Waals surface area contributed by atoms with Crippen LogP contribution < -0.4 is 5.32 Å². The van der Waals surface area contributed by atoms with Crippen LogP contribution >= 0.6 is 0 Å². The molecule has 1 aromatic rings. The maximum Gasteiger partial charge on any atom is 0.411 e. The first kappa shape index (κ1) is 12.0. The molecule has 0 aliphatic carbocycles. The molecule has 2 aliphatic heterocycles. The summed E-state index contributed by atoms with van der Waals surface area (Å²) < 4.78 is 5.14. The van der Waals surface area contributed by atoms with Crippen molar-refractivity contribution in [2.24, 2.45) is 0 Å². The zero-order chi connectivity index (χ0) is 13.6. The molecule has 100 valence electrons. The molecule has 2 aliphatic rings. The minimum Gasteiger partial charge on any atom is -0.447 e. The number of benzene rings is 1. The molecule has 0 aromatic heterocycles. The van der Waals surface area contributed by atoms with Crippen LogP contribution in [0.4, 0.5) is 4.79 Å². The molecule has 2 amide bonds. The third-order valence-electron chi connectivity index (χ3n) is 3.75. The Morgan fingerprint density at radius 2 is 1.95 bits per heavy atom. The van der Waals surface area contributed by atoms with Crippen molar-refractivity contribution in [3.05, 3.63) is 35.9 Å². The largest absolute Gasteiger partial charge is 0.447 e. The van der Waals surface area contributed by atoms with Gasteiger partial charge in [0, 0.05) is 0 Å². The highest BCUT2D eigenvalue weighted by Crippen LogP contribution is 2.36. The van der Waals surface area contributed by atoms with E-state index >= 15 is 0 Å². The number of nitrogens with zero attached hydrogens (tertiary/aromatic N) is 1. The Bertz CT molecular complexity index is 527. The average Bonchev–Trinajstić information content (AvgIpc) is 2.71. The van der Waals surface area contributed by atoms with E-state index in [1.807, 2.05) is 44.2 Å². The van der Waals surface area contributed by atoms with Crippen LogP contribution in [0.2, 0.25) is 0 Å². The number of hydrogen-bond donors (Lipinski definition) is 1. The first-order valence-electron chi connectivity index (χ1n) is 6.33. The zero-order valence-corrected chi connectivity index (χ0v) is 10.9. The normalized spacial score (nSPS) is 28.6. The first-order valence-corrected chi connectivity index (χ1v) is 6.33. The van der Waals surface area contributed by atoms with Crippen LogP contribution in [0.25, 0.3) is 0 Å². The number of β-lactam (4-membered cyclic amide) rings is 1. The van der Waals surface area contributed by atoms with Gasteiger partial charge in [-0.15, -0.1) is 0 Å². The molecule has 5 nitrogen and oxygen atoms in total. The third kappa shape index (κ3) is 1.77. The SMILES string of the molecule is CC1(C)NC(=O)[C@H]1N1C(=O)OC[C@@H]1c1ccccc1. The summed E-state index contributed by atoms with van der Waals surface area (Å²) in [4.78, 5) is 25.3. The molecule has 0 unspecified atom stereocenters. The monoisotopic (exact) mass is 260 g/mol. The molecule has 1 aromatic carbocycles. The second-order valence-electron chi connectivity index (χ2n) is 5.52. The van der Waals surface area contributed by atoms with Crippen LogP contribution in [0.3, 0.4) is 0 Å². The van der Waals surface area contributed by atoms with Crippen molar-refractivity contribution in [1.82, 2.24) is 10.2 Å². The number of rotatable bonds is 2. The van der Waals surface area contributed by atoms with E-state index in [1.54, 1.807) is 4.90 Å². The van der Waals surface area contributed by atoms with E-state index in [1.165, 1.54) is 0 Å². The molecule has 0 bridgehead atoms. The van der Waals surface area contributed by atoms with Crippen molar-refractivity contribution in [1.29, 1.82) is 0 Å². The molecule has 2 atom stereocenters. The third-order valence-corrected chi connectivity index (χ3v) is 3.75. The van der Waals surface area contributed by atoms with Crippen molar-refractivity contribution >= 4 is 12.0 Å². The zero-order valence-electron chi connectivity index (χ0n) is 10.9. The van der Waals surface area contributed by atoms with Gasteiger partial charge >= 0.3 is 6.09 Å². The fourth-order valence-corrected chi connectivity index (χ4v) is 2.83. The van der Waals surface area contributed by atoms with Gasteiger partial charge in [0.2, 0.25) is 5.91 Å². The van der Waals surface area contributed by atoms with E-state index in [0.717, 1.165) is 5.56 Å². The summed E-state index contributed by atoms with van der Waals surface area (Å²) >= 11 is 0. The van der Waals surface area contributed by atoms with Crippen molar-refractivity contribution in [3.63, 3.8) is 0 Å². The van der Waals surface area contributed by atoms with E-state index in [-0.39, 0.29) is 11.9 Å². The minimum atomic E-state index is -0.465. The lowest BCUT2D eigenvalue weighted by Gasteiger charge is -2.48. The molecule has 0 radical (unpaired) electrons. The lowest BCUT2D eigenvalue weighted by Crippen LogP contribution is -2.75. The number of carbonyl (C=O) groups is 2. The number of carbonyl (C=O) groups excluding carboxylic acids is 2. The van der Waals surface area contributed by atoms with Crippen LogP contribution in [0, 0.1) is 0 Å². The number of cyclic esters (lactones) is 1. The van der Waals surface area contributed by atoms with E-state index in [4.69, 9.17) is 4.74 Å². The molecule has 2 fully saturated rings. The molecule has 0 saturated carbocycles. The smallest absolute Gasteiger partial charge is 0.411 e. The second-order valence-corrected chi connectivity index (χ2v) is 5.52. The van der Waals surface area contributed by atoms with Gasteiger partial charge in [-0.1, -0.05) is 30.3 Å². The van der Waals surface area contributed by atoms with Crippen LogP contribution in [0.1, 0.15) is 25.5 Å². The number of hydrogen-bond acceptors (Lipinski definition) is 3. The van der Waals surface area contributed by atoms with Crippen molar-refractivity contribution in [3.8, 4) is 0 Å². The molecular formula is C14H16N2O3. The van der Waals surface area contributed by atoms with E-state index in [0.29, 0.717) is 6.61 Å². The predicted octanol–water partition coefficient (Wildman–Crippen LogP) is 1.46. The molecule has 2 heterocycles. The fraction of sp³-hybridized carbons (Fsp3) is 0.429. The Morgan fingerprint density at radius 1 is 1.26 bits per heavy atom. The van der Waals surface area contributed by atoms with E-state index < -0.39 is 17.7 Å². The molecule has 0 spiro atoms. The van der Waals surface area contributed by atoms with Gasteiger partial charge in [-0.25, -0.2) is 4.79 Å². The van der Waals surface area contributed by atoms with Crippen LogP contribution in [0.15, 0.2) is 30.3 Å². The van der Waals surface area contributed by atoms with Crippen molar-refractivity contribution in [2.75, 3.05) is 6.61 Å². The first-order chi connectivity index (χ1) is 9.00. The molecule has 3 rings (SSSR count). The van der Waals surface area contributed by atoms with Crippen LogP contribution in [-0.2, 0) is 9.53 Å². The second kappa shape index (κ2) is 3.98.